The van der Waals surface area contributed by atoms with Crippen molar-refractivity contribution in [3.05, 3.63) is 59.2 Å². The zero-order chi connectivity index (χ0) is 26.1. The van der Waals surface area contributed by atoms with Crippen LogP contribution in [0.1, 0.15) is 53.6 Å². The molecule has 36 heavy (non-hydrogen) atoms. The van der Waals surface area contributed by atoms with Gasteiger partial charge in [-0.15, -0.1) is 0 Å². The Morgan fingerprint density at radius 2 is 1.61 bits per heavy atom. The molecule has 0 aliphatic carbocycles. The summed E-state index contributed by atoms with van der Waals surface area (Å²) in [6, 6.07) is 6.51. The molecule has 2 aromatic rings. The molecule has 0 radical (unpaired) electrons. The van der Waals surface area contributed by atoms with E-state index in [1.54, 1.807) is 0 Å². The van der Waals surface area contributed by atoms with Crippen molar-refractivity contribution in [3.63, 3.8) is 0 Å². The minimum absolute atomic E-state index is 0.0932. The van der Waals surface area contributed by atoms with Gasteiger partial charge in [-0.3, -0.25) is 4.79 Å². The van der Waals surface area contributed by atoms with Crippen LogP contribution in [0.15, 0.2) is 42.5 Å². The highest BCUT2D eigenvalue weighted by molar-refractivity contribution is 6.05. The monoisotopic (exact) mass is 514 g/mol. The number of alkyl halides is 6. The predicted octanol–water partition coefficient (Wildman–Crippen LogP) is 5.75. The van der Waals surface area contributed by atoms with Crippen LogP contribution < -0.4 is 15.1 Å². The molecule has 2 N–H and O–H groups in total. The van der Waals surface area contributed by atoms with Crippen LogP contribution in [0.4, 0.5) is 37.7 Å². The molecule has 1 unspecified atom stereocenters. The highest BCUT2D eigenvalue weighted by Crippen LogP contribution is 2.40. The summed E-state index contributed by atoms with van der Waals surface area (Å²) in [5.41, 5.74) is -2.57. The SMILES string of the molecule is O=C(Nc1cccc(C(F)(F)F)c1)c1cc(C(F)(F)F)cc([N+]2(C3CCNCC3)CCCCC2=O)c1. The largest absolute Gasteiger partial charge is 0.416 e. The summed E-state index contributed by atoms with van der Waals surface area (Å²) in [4.78, 5) is 26.3. The molecule has 2 fully saturated rings. The summed E-state index contributed by atoms with van der Waals surface area (Å²) >= 11 is 0. The molecule has 2 heterocycles. The number of hydrogen-bond acceptors (Lipinski definition) is 3. The summed E-state index contributed by atoms with van der Waals surface area (Å²) in [5, 5.41) is 5.47. The van der Waals surface area contributed by atoms with Crippen molar-refractivity contribution in [1.29, 1.82) is 0 Å². The minimum atomic E-state index is -4.79. The number of likely N-dealkylation sites (tertiary alicyclic amines) is 1. The second-order valence-corrected chi connectivity index (χ2v) is 9.22. The first-order valence-electron chi connectivity index (χ1n) is 11.7. The number of benzene rings is 2. The van der Waals surface area contributed by atoms with E-state index in [4.69, 9.17) is 0 Å². The van der Waals surface area contributed by atoms with Crippen LogP contribution in [0.5, 0.6) is 0 Å². The summed E-state index contributed by atoms with van der Waals surface area (Å²) in [6.07, 6.45) is -6.74. The number of nitrogens with one attached hydrogen (secondary N) is 2. The second kappa shape index (κ2) is 9.85. The molecule has 2 amide bonds. The van der Waals surface area contributed by atoms with Crippen LogP contribution in [0.25, 0.3) is 0 Å². The Balaban J connectivity index is 1.78. The number of nitrogens with zero attached hydrogens (tertiary/aromatic N) is 1. The number of anilines is 1. The Morgan fingerprint density at radius 1 is 0.917 bits per heavy atom. The molecule has 194 valence electrons. The van der Waals surface area contributed by atoms with Gasteiger partial charge in [-0.1, -0.05) is 6.07 Å². The van der Waals surface area contributed by atoms with Gasteiger partial charge in [0.15, 0.2) is 0 Å². The van der Waals surface area contributed by atoms with Crippen LogP contribution in [-0.2, 0) is 17.1 Å². The topological polar surface area (TPSA) is 58.2 Å². The number of carbonyl (C=O) groups excluding carboxylic acids is 2. The molecule has 5 nitrogen and oxygen atoms in total. The standard InChI is InChI=1S/C25H25F6N3O2/c26-24(27,28)17-4-3-5-19(14-17)33-23(36)16-12-18(25(29,30)31)15-21(13-16)34(11-2-1-6-22(34)35)20-7-9-32-10-8-20/h3-5,12-15,20,32H,1-2,6-11H2/p+1. The van der Waals surface area contributed by atoms with Gasteiger partial charge < -0.3 is 10.6 Å². The molecule has 0 saturated carbocycles. The fourth-order valence-electron chi connectivity index (χ4n) is 5.19. The van der Waals surface area contributed by atoms with Crippen molar-refractivity contribution in [2.24, 2.45) is 0 Å². The second-order valence-electron chi connectivity index (χ2n) is 9.22. The van der Waals surface area contributed by atoms with Gasteiger partial charge in [0.1, 0.15) is 11.7 Å². The molecule has 2 aromatic carbocycles. The average molecular weight is 514 g/mol. The molecule has 0 aromatic heterocycles. The third-order valence-corrected chi connectivity index (χ3v) is 6.94. The van der Waals surface area contributed by atoms with E-state index in [2.05, 4.69) is 10.6 Å². The smallest absolute Gasteiger partial charge is 0.322 e. The fourth-order valence-corrected chi connectivity index (χ4v) is 5.19. The summed E-state index contributed by atoms with van der Waals surface area (Å²) in [5.74, 6) is -1.17. The van der Waals surface area contributed by atoms with Crippen molar-refractivity contribution in [2.45, 2.75) is 50.5 Å². The molecule has 0 bridgehead atoms. The molecular weight excluding hydrogens is 488 g/mol. The lowest BCUT2D eigenvalue weighted by atomic mass is 9.93. The lowest BCUT2D eigenvalue weighted by Gasteiger charge is -2.46. The van der Waals surface area contributed by atoms with E-state index in [0.717, 1.165) is 18.2 Å². The van der Waals surface area contributed by atoms with E-state index in [0.29, 0.717) is 57.5 Å². The van der Waals surface area contributed by atoms with Crippen LogP contribution >= 0.6 is 0 Å². The van der Waals surface area contributed by atoms with Gasteiger partial charge in [0.25, 0.3) is 5.91 Å². The normalized spacial score (nSPS) is 21.9. The van der Waals surface area contributed by atoms with Gasteiger partial charge in [0, 0.05) is 49.3 Å². The van der Waals surface area contributed by atoms with E-state index in [1.807, 2.05) is 0 Å². The zero-order valence-corrected chi connectivity index (χ0v) is 19.3. The van der Waals surface area contributed by atoms with E-state index in [-0.39, 0.29) is 39.8 Å². The summed E-state index contributed by atoms with van der Waals surface area (Å²) in [7, 11) is 0. The highest BCUT2D eigenvalue weighted by Gasteiger charge is 2.49. The highest BCUT2D eigenvalue weighted by atomic mass is 19.4. The van der Waals surface area contributed by atoms with Crippen molar-refractivity contribution < 1.29 is 35.9 Å². The fraction of sp³-hybridized carbons (Fsp3) is 0.440. The van der Waals surface area contributed by atoms with E-state index in [9.17, 15) is 35.9 Å². The van der Waals surface area contributed by atoms with Crippen molar-refractivity contribution in [1.82, 2.24) is 9.80 Å². The number of amides is 2. The first kappa shape index (κ1) is 26.2. The predicted molar refractivity (Wildman–Crippen MR) is 122 cm³/mol. The van der Waals surface area contributed by atoms with Gasteiger partial charge in [0.2, 0.25) is 0 Å². The summed E-state index contributed by atoms with van der Waals surface area (Å²) in [6.45, 7) is 1.58. The number of rotatable bonds is 4. The van der Waals surface area contributed by atoms with Crippen LogP contribution in [-0.4, -0.2) is 37.5 Å². The molecule has 0 spiro atoms. The van der Waals surface area contributed by atoms with Crippen LogP contribution in [0.2, 0.25) is 0 Å². The van der Waals surface area contributed by atoms with E-state index in [1.165, 1.54) is 12.1 Å². The molecule has 11 heteroatoms. The first-order valence-corrected chi connectivity index (χ1v) is 11.7. The van der Waals surface area contributed by atoms with E-state index < -0.39 is 29.4 Å². The van der Waals surface area contributed by atoms with Gasteiger partial charge in [0.05, 0.1) is 24.1 Å². The average Bonchev–Trinajstić information content (AvgIpc) is 2.84. The van der Waals surface area contributed by atoms with Crippen molar-refractivity contribution >= 4 is 23.2 Å². The van der Waals surface area contributed by atoms with Gasteiger partial charge in [-0.25, -0.2) is 9.28 Å². The molecule has 2 aliphatic heterocycles. The molecule has 2 aliphatic rings. The maximum atomic E-state index is 13.9. The Morgan fingerprint density at radius 3 is 2.25 bits per heavy atom. The third-order valence-electron chi connectivity index (χ3n) is 6.94. The minimum Gasteiger partial charge on any atom is -0.322 e. The van der Waals surface area contributed by atoms with Gasteiger partial charge >= 0.3 is 18.3 Å². The quantitative estimate of drug-likeness (QED) is 0.404. The molecule has 4 rings (SSSR count). The van der Waals surface area contributed by atoms with Crippen molar-refractivity contribution in [2.75, 3.05) is 25.0 Å². The Labute approximate surface area is 204 Å². The molecule has 1 atom stereocenters. The lowest BCUT2D eigenvalue weighted by molar-refractivity contribution is -0.139. The number of hydrogen-bond donors (Lipinski definition) is 2. The number of carbonyl (C=O) groups is 2. The van der Waals surface area contributed by atoms with Crippen LogP contribution in [0.3, 0.4) is 0 Å². The van der Waals surface area contributed by atoms with Crippen LogP contribution in [0, 0.1) is 0 Å². The Hall–Kier alpha value is -2.92. The Kier molecular flexibility index (Phi) is 7.16. The Bertz CT molecular complexity index is 1140. The number of piperidine rings is 2. The molecule has 2 saturated heterocycles. The lowest BCUT2D eigenvalue weighted by Crippen LogP contribution is -2.65. The van der Waals surface area contributed by atoms with E-state index >= 15 is 0 Å². The third kappa shape index (κ3) is 5.27. The summed E-state index contributed by atoms with van der Waals surface area (Å²) < 4.78 is 80.6. The number of quaternary nitrogens is 1. The van der Waals surface area contributed by atoms with Gasteiger partial charge in [-0.2, -0.15) is 26.3 Å². The van der Waals surface area contributed by atoms with Gasteiger partial charge in [-0.05, 0) is 37.1 Å². The first-order chi connectivity index (χ1) is 16.9. The molecular formula is C25H26F6N3O2+. The number of halogens is 6. The maximum absolute atomic E-state index is 13.9. The maximum Gasteiger partial charge on any atom is 0.416 e. The van der Waals surface area contributed by atoms with Crippen molar-refractivity contribution in [3.8, 4) is 0 Å². The zero-order valence-electron chi connectivity index (χ0n) is 19.3.